The van der Waals surface area contributed by atoms with Crippen LogP contribution in [0, 0.1) is 6.92 Å². The van der Waals surface area contributed by atoms with E-state index in [9.17, 15) is 4.79 Å². The van der Waals surface area contributed by atoms with Crippen LogP contribution in [0.5, 0.6) is 0 Å². The first-order valence-electron chi connectivity index (χ1n) is 3.78. The van der Waals surface area contributed by atoms with Gasteiger partial charge in [-0.15, -0.1) is 0 Å². The highest BCUT2D eigenvalue weighted by molar-refractivity contribution is 5.92. The SMILES string of the molecule is Cc1cnc2n1C=CCNC2=O. The Bertz CT molecular complexity index is 351. The summed E-state index contributed by atoms with van der Waals surface area (Å²) in [6.45, 7) is 2.49. The number of imidazole rings is 1. The van der Waals surface area contributed by atoms with Gasteiger partial charge in [0.25, 0.3) is 5.91 Å². The summed E-state index contributed by atoms with van der Waals surface area (Å²) in [5.74, 6) is 0.342. The highest BCUT2D eigenvalue weighted by atomic mass is 16.2. The molecule has 1 aromatic heterocycles. The van der Waals surface area contributed by atoms with Crippen molar-refractivity contribution in [3.05, 3.63) is 23.8 Å². The average Bonchev–Trinajstić information content (AvgIpc) is 2.30. The van der Waals surface area contributed by atoms with E-state index in [-0.39, 0.29) is 5.91 Å². The van der Waals surface area contributed by atoms with Gasteiger partial charge in [0.1, 0.15) is 0 Å². The molecule has 0 aliphatic carbocycles. The fourth-order valence-electron chi connectivity index (χ4n) is 1.19. The van der Waals surface area contributed by atoms with E-state index >= 15 is 0 Å². The van der Waals surface area contributed by atoms with Crippen molar-refractivity contribution in [2.75, 3.05) is 6.54 Å². The molecule has 62 valence electrons. The van der Waals surface area contributed by atoms with E-state index in [0.717, 1.165) is 5.69 Å². The molecule has 0 spiro atoms. The van der Waals surface area contributed by atoms with Crippen LogP contribution in [0.4, 0.5) is 0 Å². The molecule has 1 amide bonds. The summed E-state index contributed by atoms with van der Waals surface area (Å²) < 4.78 is 1.78. The van der Waals surface area contributed by atoms with Crippen LogP contribution in [0.15, 0.2) is 12.3 Å². The maximum absolute atomic E-state index is 11.3. The van der Waals surface area contributed by atoms with Crippen molar-refractivity contribution in [3.8, 4) is 0 Å². The third kappa shape index (κ3) is 0.922. The second-order valence-electron chi connectivity index (χ2n) is 2.69. The molecule has 1 aliphatic heterocycles. The van der Waals surface area contributed by atoms with Gasteiger partial charge in [-0.2, -0.15) is 0 Å². The highest BCUT2D eigenvalue weighted by Gasteiger charge is 2.14. The predicted molar refractivity (Wildman–Crippen MR) is 44.6 cm³/mol. The smallest absolute Gasteiger partial charge is 0.287 e. The van der Waals surface area contributed by atoms with Crippen LogP contribution in [0.2, 0.25) is 0 Å². The van der Waals surface area contributed by atoms with E-state index in [2.05, 4.69) is 10.3 Å². The number of nitrogens with zero attached hydrogens (tertiary/aromatic N) is 2. The van der Waals surface area contributed by atoms with Crippen molar-refractivity contribution >= 4 is 12.1 Å². The average molecular weight is 163 g/mol. The lowest BCUT2D eigenvalue weighted by Gasteiger charge is -1.98. The van der Waals surface area contributed by atoms with Crippen LogP contribution < -0.4 is 5.32 Å². The van der Waals surface area contributed by atoms with Gasteiger partial charge in [0.15, 0.2) is 0 Å². The fourth-order valence-corrected chi connectivity index (χ4v) is 1.19. The number of amides is 1. The van der Waals surface area contributed by atoms with Crippen molar-refractivity contribution in [2.24, 2.45) is 0 Å². The molecule has 2 rings (SSSR count). The van der Waals surface area contributed by atoms with Gasteiger partial charge in [-0.3, -0.25) is 4.79 Å². The molecule has 0 aromatic carbocycles. The van der Waals surface area contributed by atoms with Crippen LogP contribution in [-0.2, 0) is 0 Å². The third-order valence-electron chi connectivity index (χ3n) is 1.82. The number of hydrogen-bond acceptors (Lipinski definition) is 2. The number of carbonyl (C=O) groups excluding carboxylic acids is 1. The van der Waals surface area contributed by atoms with Gasteiger partial charge >= 0.3 is 0 Å². The lowest BCUT2D eigenvalue weighted by Crippen LogP contribution is -2.23. The van der Waals surface area contributed by atoms with E-state index in [4.69, 9.17) is 0 Å². The van der Waals surface area contributed by atoms with Gasteiger partial charge in [0.2, 0.25) is 5.82 Å². The fraction of sp³-hybridized carbons (Fsp3) is 0.250. The molecule has 1 aliphatic rings. The van der Waals surface area contributed by atoms with E-state index in [1.165, 1.54) is 0 Å². The van der Waals surface area contributed by atoms with Crippen molar-refractivity contribution in [1.29, 1.82) is 0 Å². The van der Waals surface area contributed by atoms with Crippen LogP contribution in [-0.4, -0.2) is 22.0 Å². The largest absolute Gasteiger partial charge is 0.346 e. The van der Waals surface area contributed by atoms with E-state index in [0.29, 0.717) is 12.4 Å². The summed E-state index contributed by atoms with van der Waals surface area (Å²) in [5.41, 5.74) is 0.971. The Morgan fingerprint density at radius 3 is 3.33 bits per heavy atom. The molecule has 12 heavy (non-hydrogen) atoms. The molecule has 0 saturated heterocycles. The zero-order valence-corrected chi connectivity index (χ0v) is 6.74. The summed E-state index contributed by atoms with van der Waals surface area (Å²) >= 11 is 0. The molecule has 1 aromatic rings. The molecule has 0 atom stereocenters. The maximum Gasteiger partial charge on any atom is 0.287 e. The molecule has 0 radical (unpaired) electrons. The number of hydrogen-bond donors (Lipinski definition) is 1. The molecular weight excluding hydrogens is 154 g/mol. The maximum atomic E-state index is 11.3. The minimum Gasteiger partial charge on any atom is -0.346 e. The molecule has 0 bridgehead atoms. The van der Waals surface area contributed by atoms with Crippen molar-refractivity contribution in [3.63, 3.8) is 0 Å². The minimum absolute atomic E-state index is 0.117. The number of rotatable bonds is 0. The number of fused-ring (bicyclic) bond motifs is 1. The zero-order chi connectivity index (χ0) is 8.55. The molecule has 4 heteroatoms. The van der Waals surface area contributed by atoms with Crippen LogP contribution in [0.3, 0.4) is 0 Å². The number of aromatic nitrogens is 2. The lowest BCUT2D eigenvalue weighted by molar-refractivity contribution is 0.0948. The van der Waals surface area contributed by atoms with Crippen LogP contribution in [0.1, 0.15) is 16.3 Å². The second kappa shape index (κ2) is 2.48. The molecule has 0 unspecified atom stereocenters. The van der Waals surface area contributed by atoms with Gasteiger partial charge in [-0.1, -0.05) is 0 Å². The predicted octanol–water partition coefficient (Wildman–Crippen LogP) is 0.406. The van der Waals surface area contributed by atoms with Crippen LogP contribution >= 0.6 is 0 Å². The zero-order valence-electron chi connectivity index (χ0n) is 6.74. The molecule has 0 fully saturated rings. The van der Waals surface area contributed by atoms with Gasteiger partial charge in [0, 0.05) is 24.6 Å². The Labute approximate surface area is 69.9 Å². The second-order valence-corrected chi connectivity index (χ2v) is 2.69. The summed E-state index contributed by atoms with van der Waals surface area (Å²) in [6, 6.07) is 0. The Morgan fingerprint density at radius 2 is 2.50 bits per heavy atom. The summed E-state index contributed by atoms with van der Waals surface area (Å²) in [6.07, 6.45) is 5.43. The normalized spacial score (nSPS) is 15.2. The molecule has 1 N–H and O–H groups in total. The van der Waals surface area contributed by atoms with Crippen LogP contribution in [0.25, 0.3) is 6.20 Å². The molecule has 0 saturated carbocycles. The number of carbonyl (C=O) groups is 1. The molecule has 4 nitrogen and oxygen atoms in total. The Balaban J connectivity index is 2.58. The first-order valence-corrected chi connectivity index (χ1v) is 3.78. The van der Waals surface area contributed by atoms with E-state index in [1.807, 2.05) is 19.2 Å². The quantitative estimate of drug-likeness (QED) is 0.602. The van der Waals surface area contributed by atoms with E-state index < -0.39 is 0 Å². The van der Waals surface area contributed by atoms with Crippen molar-refractivity contribution in [1.82, 2.24) is 14.9 Å². The first kappa shape index (κ1) is 7.09. The highest BCUT2D eigenvalue weighted by Crippen LogP contribution is 2.06. The topological polar surface area (TPSA) is 46.9 Å². The van der Waals surface area contributed by atoms with Gasteiger partial charge in [0.05, 0.1) is 0 Å². The van der Waals surface area contributed by atoms with Gasteiger partial charge in [-0.05, 0) is 13.0 Å². The van der Waals surface area contributed by atoms with Crippen molar-refractivity contribution in [2.45, 2.75) is 6.92 Å². The molecule has 2 heterocycles. The van der Waals surface area contributed by atoms with Gasteiger partial charge in [-0.25, -0.2) is 4.98 Å². The monoisotopic (exact) mass is 163 g/mol. The summed E-state index contributed by atoms with van der Waals surface area (Å²) in [7, 11) is 0. The standard InChI is InChI=1S/C8H9N3O/c1-6-5-10-7-8(12)9-3-2-4-11(6)7/h2,4-5H,3H2,1H3,(H,9,12). The summed E-state index contributed by atoms with van der Waals surface area (Å²) in [5, 5.41) is 2.70. The minimum atomic E-state index is -0.117. The van der Waals surface area contributed by atoms with E-state index in [1.54, 1.807) is 10.8 Å². The first-order chi connectivity index (χ1) is 5.79. The Kier molecular flexibility index (Phi) is 1.46. The molecular formula is C8H9N3O. The number of nitrogens with one attached hydrogen (secondary N) is 1. The Hall–Kier alpha value is -1.58. The lowest BCUT2D eigenvalue weighted by atomic mass is 10.5. The van der Waals surface area contributed by atoms with Crippen molar-refractivity contribution < 1.29 is 4.79 Å². The third-order valence-corrected chi connectivity index (χ3v) is 1.82. The number of aryl methyl sites for hydroxylation is 1. The van der Waals surface area contributed by atoms with Gasteiger partial charge < -0.3 is 9.88 Å². The summed E-state index contributed by atoms with van der Waals surface area (Å²) in [4.78, 5) is 15.3. The Morgan fingerprint density at radius 1 is 1.67 bits per heavy atom.